The molecule has 0 bridgehead atoms. The molecule has 25 heavy (non-hydrogen) atoms. The molecule has 0 N–H and O–H groups in total. The van der Waals surface area contributed by atoms with Gasteiger partial charge in [0.15, 0.2) is 5.16 Å². The van der Waals surface area contributed by atoms with E-state index in [0.29, 0.717) is 18.0 Å². The number of hydrogen-bond donors (Lipinski definition) is 0. The number of benzene rings is 1. The third kappa shape index (κ3) is 3.58. The molecular formula is C17H19N5O2S. The summed E-state index contributed by atoms with van der Waals surface area (Å²) in [5, 5.41) is 9.14. The highest BCUT2D eigenvalue weighted by Gasteiger charge is 2.12. The van der Waals surface area contributed by atoms with Crippen molar-refractivity contribution >= 4 is 11.8 Å². The van der Waals surface area contributed by atoms with Crippen LogP contribution in [0.1, 0.15) is 17.1 Å². The highest BCUT2D eigenvalue weighted by atomic mass is 32.2. The smallest absolute Gasteiger partial charge is 0.302 e. The number of rotatable bonds is 5. The monoisotopic (exact) mass is 357 g/mol. The standard InChI is InChI=1S/C17H19N5O2S/c1-12-18-19-16(22(12)10-13-7-5-4-6-8-13)25-11-14-9-15(23)21(3)17(24)20(14)2/h4-9H,10-11H2,1-3H3. The predicted molar refractivity (Wildman–Crippen MR) is 96.8 cm³/mol. The predicted octanol–water partition coefficient (Wildman–Crippen LogP) is 1.32. The van der Waals surface area contributed by atoms with E-state index in [9.17, 15) is 9.59 Å². The van der Waals surface area contributed by atoms with Gasteiger partial charge in [-0.1, -0.05) is 42.1 Å². The Bertz CT molecular complexity index is 1000. The molecule has 8 heteroatoms. The van der Waals surface area contributed by atoms with E-state index in [0.717, 1.165) is 21.1 Å². The van der Waals surface area contributed by atoms with Crippen LogP contribution in [0.2, 0.25) is 0 Å². The van der Waals surface area contributed by atoms with Gasteiger partial charge in [0.25, 0.3) is 5.56 Å². The van der Waals surface area contributed by atoms with Gasteiger partial charge in [-0.15, -0.1) is 10.2 Å². The Morgan fingerprint density at radius 2 is 1.76 bits per heavy atom. The molecule has 0 saturated heterocycles. The van der Waals surface area contributed by atoms with E-state index in [1.54, 1.807) is 7.05 Å². The van der Waals surface area contributed by atoms with Crippen molar-refractivity contribution in [1.82, 2.24) is 23.9 Å². The summed E-state index contributed by atoms with van der Waals surface area (Å²) in [6.07, 6.45) is 0. The van der Waals surface area contributed by atoms with Crippen LogP contribution in [-0.2, 0) is 26.4 Å². The molecule has 0 aliphatic carbocycles. The van der Waals surface area contributed by atoms with E-state index in [2.05, 4.69) is 22.3 Å². The van der Waals surface area contributed by atoms with Crippen molar-refractivity contribution in [2.75, 3.05) is 0 Å². The van der Waals surface area contributed by atoms with Crippen molar-refractivity contribution in [3.63, 3.8) is 0 Å². The normalized spacial score (nSPS) is 11.0. The van der Waals surface area contributed by atoms with Crippen LogP contribution in [0, 0.1) is 6.92 Å². The van der Waals surface area contributed by atoms with Crippen LogP contribution >= 0.6 is 11.8 Å². The zero-order valence-electron chi connectivity index (χ0n) is 14.3. The molecule has 0 aliphatic heterocycles. The van der Waals surface area contributed by atoms with Gasteiger partial charge >= 0.3 is 5.69 Å². The molecule has 0 unspecified atom stereocenters. The van der Waals surface area contributed by atoms with Crippen molar-refractivity contribution in [2.45, 2.75) is 24.4 Å². The molecule has 3 rings (SSSR count). The Balaban J connectivity index is 1.84. The molecular weight excluding hydrogens is 338 g/mol. The summed E-state index contributed by atoms with van der Waals surface area (Å²) in [4.78, 5) is 23.9. The van der Waals surface area contributed by atoms with Crippen molar-refractivity contribution in [3.8, 4) is 0 Å². The first-order valence-corrected chi connectivity index (χ1v) is 8.78. The van der Waals surface area contributed by atoms with E-state index in [4.69, 9.17) is 0 Å². The summed E-state index contributed by atoms with van der Waals surface area (Å²) in [6.45, 7) is 2.59. The summed E-state index contributed by atoms with van der Waals surface area (Å²) in [5.41, 5.74) is 1.18. The Hall–Kier alpha value is -2.61. The number of nitrogens with zero attached hydrogens (tertiary/aromatic N) is 5. The minimum absolute atomic E-state index is 0.305. The van der Waals surface area contributed by atoms with Crippen LogP contribution in [0.15, 0.2) is 51.1 Å². The maximum atomic E-state index is 12.0. The van der Waals surface area contributed by atoms with E-state index in [1.807, 2.05) is 29.7 Å². The minimum Gasteiger partial charge on any atom is -0.302 e. The first-order valence-electron chi connectivity index (χ1n) is 7.80. The molecule has 1 aromatic carbocycles. The number of aromatic nitrogens is 5. The Kier molecular flexibility index (Phi) is 4.89. The molecule has 0 aliphatic rings. The maximum Gasteiger partial charge on any atom is 0.330 e. The van der Waals surface area contributed by atoms with Gasteiger partial charge in [-0.25, -0.2) is 4.79 Å². The summed E-state index contributed by atoms with van der Waals surface area (Å²) < 4.78 is 4.61. The lowest BCUT2D eigenvalue weighted by Gasteiger charge is -2.10. The second-order valence-electron chi connectivity index (χ2n) is 5.76. The van der Waals surface area contributed by atoms with Crippen molar-refractivity contribution in [2.24, 2.45) is 14.1 Å². The van der Waals surface area contributed by atoms with Crippen molar-refractivity contribution in [1.29, 1.82) is 0 Å². The Morgan fingerprint density at radius 3 is 2.48 bits per heavy atom. The van der Waals surface area contributed by atoms with E-state index in [1.165, 1.54) is 29.4 Å². The van der Waals surface area contributed by atoms with Crippen LogP contribution in [0.5, 0.6) is 0 Å². The minimum atomic E-state index is -0.329. The van der Waals surface area contributed by atoms with Gasteiger partial charge in [0.1, 0.15) is 5.82 Å². The number of aryl methyl sites for hydroxylation is 1. The highest BCUT2D eigenvalue weighted by Crippen LogP contribution is 2.21. The van der Waals surface area contributed by atoms with Crippen molar-refractivity contribution in [3.05, 3.63) is 74.3 Å². The van der Waals surface area contributed by atoms with Gasteiger partial charge in [-0.05, 0) is 12.5 Å². The third-order valence-corrected chi connectivity index (χ3v) is 5.06. The summed E-state index contributed by atoms with van der Waals surface area (Å²) in [7, 11) is 3.14. The Morgan fingerprint density at radius 1 is 1.04 bits per heavy atom. The molecule has 130 valence electrons. The average molecular weight is 357 g/mol. The summed E-state index contributed by atoms with van der Waals surface area (Å²) in [6, 6.07) is 11.6. The number of thioether (sulfide) groups is 1. The fourth-order valence-electron chi connectivity index (χ4n) is 2.47. The molecule has 0 radical (unpaired) electrons. The molecule has 0 atom stereocenters. The van der Waals surface area contributed by atoms with E-state index < -0.39 is 0 Å². The van der Waals surface area contributed by atoms with Crippen LogP contribution in [-0.4, -0.2) is 23.9 Å². The first kappa shape index (κ1) is 17.2. The number of hydrogen-bond acceptors (Lipinski definition) is 5. The van der Waals surface area contributed by atoms with Crippen LogP contribution < -0.4 is 11.2 Å². The van der Waals surface area contributed by atoms with Crippen LogP contribution in [0.25, 0.3) is 0 Å². The quantitative estimate of drug-likeness (QED) is 0.644. The van der Waals surface area contributed by atoms with Crippen LogP contribution in [0.3, 0.4) is 0 Å². The highest BCUT2D eigenvalue weighted by molar-refractivity contribution is 7.98. The van der Waals surface area contributed by atoms with Gasteiger partial charge in [0.2, 0.25) is 0 Å². The lowest BCUT2D eigenvalue weighted by molar-refractivity contribution is 0.663. The summed E-state index contributed by atoms with van der Waals surface area (Å²) >= 11 is 1.46. The summed E-state index contributed by atoms with van der Waals surface area (Å²) in [5.74, 6) is 1.29. The third-order valence-electron chi connectivity index (χ3n) is 4.06. The van der Waals surface area contributed by atoms with Gasteiger partial charge in [0, 0.05) is 31.6 Å². The largest absolute Gasteiger partial charge is 0.330 e. The van der Waals surface area contributed by atoms with E-state index >= 15 is 0 Å². The molecule has 0 amide bonds. The maximum absolute atomic E-state index is 12.0. The molecule has 2 heterocycles. The lowest BCUT2D eigenvalue weighted by Crippen LogP contribution is -2.37. The molecule has 2 aromatic heterocycles. The zero-order chi connectivity index (χ0) is 18.0. The van der Waals surface area contributed by atoms with E-state index in [-0.39, 0.29) is 11.2 Å². The fraction of sp³-hybridized carbons (Fsp3) is 0.294. The van der Waals surface area contributed by atoms with Gasteiger partial charge in [-0.2, -0.15) is 0 Å². The van der Waals surface area contributed by atoms with Crippen molar-refractivity contribution < 1.29 is 0 Å². The van der Waals surface area contributed by atoms with Crippen LogP contribution in [0.4, 0.5) is 0 Å². The lowest BCUT2D eigenvalue weighted by atomic mass is 10.2. The molecule has 0 saturated carbocycles. The topological polar surface area (TPSA) is 74.7 Å². The second kappa shape index (κ2) is 7.10. The molecule has 0 spiro atoms. The van der Waals surface area contributed by atoms with Gasteiger partial charge in [-0.3, -0.25) is 13.9 Å². The second-order valence-corrected chi connectivity index (χ2v) is 6.71. The van der Waals surface area contributed by atoms with Gasteiger partial charge < -0.3 is 4.57 Å². The fourth-order valence-corrected chi connectivity index (χ4v) is 3.48. The SMILES string of the molecule is Cc1nnc(SCc2cc(=O)n(C)c(=O)n2C)n1Cc1ccccc1. The molecule has 0 fully saturated rings. The molecule has 3 aromatic rings. The first-order chi connectivity index (χ1) is 12.0. The zero-order valence-corrected chi connectivity index (χ0v) is 15.2. The molecule has 7 nitrogen and oxygen atoms in total. The Labute approximate surface area is 149 Å². The average Bonchev–Trinajstić information content (AvgIpc) is 2.96. The van der Waals surface area contributed by atoms with Gasteiger partial charge in [0.05, 0.1) is 6.54 Å².